The summed E-state index contributed by atoms with van der Waals surface area (Å²) in [6.45, 7) is 7.97. The first kappa shape index (κ1) is 31.3. The van der Waals surface area contributed by atoms with Crippen molar-refractivity contribution >= 4 is 51.4 Å². The van der Waals surface area contributed by atoms with E-state index in [9.17, 15) is 9.59 Å². The molecule has 0 fully saturated rings. The Morgan fingerprint density at radius 2 is 1.79 bits per heavy atom. The van der Waals surface area contributed by atoms with Gasteiger partial charge in [-0.3, -0.25) is 18.9 Å². The number of hydrogen-bond donors (Lipinski definition) is 1. The summed E-state index contributed by atoms with van der Waals surface area (Å²) in [5.74, 6) is 0.514. The summed E-state index contributed by atoms with van der Waals surface area (Å²) in [6, 6.07) is 17.8. The largest absolute Gasteiger partial charge is 0.487 e. The topological polar surface area (TPSA) is 103 Å². The predicted octanol–water partition coefficient (Wildman–Crippen LogP) is 5.57. The maximum atomic E-state index is 15.7. The van der Waals surface area contributed by atoms with Gasteiger partial charge in [-0.05, 0) is 62.6 Å². The van der Waals surface area contributed by atoms with Crippen LogP contribution >= 0.6 is 0 Å². The summed E-state index contributed by atoms with van der Waals surface area (Å²) >= 11 is 0. The molecule has 0 unspecified atom stereocenters. The van der Waals surface area contributed by atoms with Crippen LogP contribution in [-0.4, -0.2) is 76.7 Å². The Bertz CT molecular complexity index is 1940. The Morgan fingerprint density at radius 1 is 1.02 bits per heavy atom. The van der Waals surface area contributed by atoms with Gasteiger partial charge < -0.3 is 4.74 Å². The van der Waals surface area contributed by atoms with Gasteiger partial charge in [0.1, 0.15) is 23.0 Å². The molecule has 215 valence electrons. The Labute approximate surface area is 290 Å². The number of rotatable bonds is 7. The van der Waals surface area contributed by atoms with Gasteiger partial charge in [0.25, 0.3) is 5.56 Å². The van der Waals surface area contributed by atoms with Crippen molar-refractivity contribution in [3.05, 3.63) is 116 Å². The van der Waals surface area contributed by atoms with Gasteiger partial charge in [0, 0.05) is 86.5 Å². The van der Waals surface area contributed by atoms with E-state index < -0.39 is 11.6 Å². The molecule has 8 nitrogen and oxygen atoms in total. The fourth-order valence-corrected chi connectivity index (χ4v) is 5.74. The number of halogens is 1. The summed E-state index contributed by atoms with van der Waals surface area (Å²) in [7, 11) is 0. The third-order valence-corrected chi connectivity index (χ3v) is 7.55. The van der Waals surface area contributed by atoms with Crippen LogP contribution in [0.15, 0.2) is 74.8 Å². The summed E-state index contributed by atoms with van der Waals surface area (Å²) in [6.07, 6.45) is 2.45. The van der Waals surface area contributed by atoms with Crippen molar-refractivity contribution in [3.8, 4) is 34.0 Å². The van der Waals surface area contributed by atoms with Crippen LogP contribution < -0.4 is 16.1 Å². The van der Waals surface area contributed by atoms with Gasteiger partial charge in [0.05, 0.1) is 11.4 Å². The van der Waals surface area contributed by atoms with Crippen LogP contribution in [0.2, 0.25) is 0 Å². The first-order valence-electron chi connectivity index (χ1n) is 14.0. The molecule has 1 N–H and O–H groups in total. The zero-order chi connectivity index (χ0) is 29.6. The zero-order valence-electron chi connectivity index (χ0n) is 25.0. The van der Waals surface area contributed by atoms with Crippen molar-refractivity contribution in [1.29, 1.82) is 0 Å². The van der Waals surface area contributed by atoms with Gasteiger partial charge in [0.15, 0.2) is 5.82 Å². The Balaban J connectivity index is 0.00000368. The SMILES string of the molecule is CCCc1nc(C)n(-c2ccc3c(c2)CC(C)(C)O3)c(=O)c1Cc1ccc(-c2ccccc2-c2noc(=O)[nH]2)c(F)c1.[K]. The molecule has 0 saturated heterocycles. The van der Waals surface area contributed by atoms with Crippen LogP contribution in [0.5, 0.6) is 5.75 Å². The van der Waals surface area contributed by atoms with Gasteiger partial charge in [-0.25, -0.2) is 14.2 Å². The first-order valence-corrected chi connectivity index (χ1v) is 14.0. The molecular formula is C33H31FKN4O4. The molecule has 10 heteroatoms. The van der Waals surface area contributed by atoms with Gasteiger partial charge in [-0.1, -0.05) is 54.9 Å². The van der Waals surface area contributed by atoms with Crippen LogP contribution in [0.25, 0.3) is 28.2 Å². The second-order valence-electron chi connectivity index (χ2n) is 11.3. The molecular weight excluding hydrogens is 574 g/mol. The second kappa shape index (κ2) is 12.5. The van der Waals surface area contributed by atoms with Crippen molar-refractivity contribution < 1.29 is 13.7 Å². The molecule has 3 heterocycles. The maximum absolute atomic E-state index is 15.7. The summed E-state index contributed by atoms with van der Waals surface area (Å²) in [4.78, 5) is 32.9. The maximum Gasteiger partial charge on any atom is 0.439 e. The molecule has 2 aromatic heterocycles. The van der Waals surface area contributed by atoms with Gasteiger partial charge in [0.2, 0.25) is 0 Å². The summed E-state index contributed by atoms with van der Waals surface area (Å²) in [5, 5.41) is 3.76. The Morgan fingerprint density at radius 3 is 2.49 bits per heavy atom. The molecule has 5 aromatic rings. The second-order valence-corrected chi connectivity index (χ2v) is 11.3. The monoisotopic (exact) mass is 605 g/mol. The minimum absolute atomic E-state index is 0. The van der Waals surface area contributed by atoms with Crippen LogP contribution in [0, 0.1) is 12.7 Å². The van der Waals surface area contributed by atoms with E-state index in [-0.39, 0.29) is 74.8 Å². The average Bonchev–Trinajstić information content (AvgIpc) is 3.51. The molecule has 0 amide bonds. The van der Waals surface area contributed by atoms with Crippen LogP contribution in [0.4, 0.5) is 4.39 Å². The van der Waals surface area contributed by atoms with Gasteiger partial charge in [-0.15, -0.1) is 0 Å². The van der Waals surface area contributed by atoms with E-state index in [1.54, 1.807) is 34.9 Å². The zero-order valence-corrected chi connectivity index (χ0v) is 28.1. The number of aromatic amines is 1. The number of fused-ring (bicyclic) bond motifs is 1. The van der Waals surface area contributed by atoms with Gasteiger partial charge in [-0.2, -0.15) is 0 Å². The van der Waals surface area contributed by atoms with Crippen LogP contribution in [0.1, 0.15) is 55.4 Å². The number of nitrogens with zero attached hydrogens (tertiary/aromatic N) is 3. The van der Waals surface area contributed by atoms with Crippen molar-refractivity contribution in [2.75, 3.05) is 0 Å². The van der Waals surface area contributed by atoms with E-state index in [1.165, 1.54) is 6.07 Å². The van der Waals surface area contributed by atoms with Crippen molar-refractivity contribution in [3.63, 3.8) is 0 Å². The van der Waals surface area contributed by atoms with Crippen LogP contribution in [-0.2, 0) is 19.3 Å². The Kier molecular flexibility index (Phi) is 9.06. The molecule has 1 aliphatic rings. The van der Waals surface area contributed by atoms with Gasteiger partial charge >= 0.3 is 5.76 Å². The number of aromatic nitrogens is 4. The average molecular weight is 606 g/mol. The minimum atomic E-state index is -0.687. The van der Waals surface area contributed by atoms with E-state index in [4.69, 9.17) is 9.72 Å². The van der Waals surface area contributed by atoms with E-state index >= 15 is 4.39 Å². The molecule has 0 spiro atoms. The smallest absolute Gasteiger partial charge is 0.439 e. The number of hydrogen-bond acceptors (Lipinski definition) is 6. The quantitative estimate of drug-likeness (QED) is 0.244. The molecule has 0 saturated carbocycles. The molecule has 6 rings (SSSR count). The normalized spacial score (nSPS) is 13.3. The molecule has 1 radical (unpaired) electrons. The minimum Gasteiger partial charge on any atom is -0.487 e. The number of ether oxygens (including phenoxy) is 1. The fourth-order valence-electron chi connectivity index (χ4n) is 5.74. The first-order chi connectivity index (χ1) is 20.1. The molecule has 43 heavy (non-hydrogen) atoms. The van der Waals surface area contributed by atoms with Crippen molar-refractivity contribution in [2.45, 2.75) is 59.0 Å². The van der Waals surface area contributed by atoms with Crippen molar-refractivity contribution in [1.82, 2.24) is 19.7 Å². The number of H-pyrrole nitrogens is 1. The fraction of sp³-hybridized carbons (Fsp3) is 0.273. The third-order valence-electron chi connectivity index (χ3n) is 7.55. The molecule has 0 atom stereocenters. The van der Waals surface area contributed by atoms with E-state index in [0.29, 0.717) is 40.1 Å². The number of nitrogens with one attached hydrogen (secondary N) is 1. The predicted molar refractivity (Wildman–Crippen MR) is 163 cm³/mol. The number of aryl methyl sites for hydroxylation is 2. The van der Waals surface area contributed by atoms with E-state index in [2.05, 4.69) is 14.7 Å². The molecule has 0 bridgehead atoms. The van der Waals surface area contributed by atoms with E-state index in [0.717, 1.165) is 35.5 Å². The molecule has 0 aliphatic carbocycles. The molecule has 3 aromatic carbocycles. The molecule has 1 aliphatic heterocycles. The van der Waals surface area contributed by atoms with Crippen molar-refractivity contribution in [2.24, 2.45) is 0 Å². The summed E-state index contributed by atoms with van der Waals surface area (Å²) < 4.78 is 28.0. The third kappa shape index (κ3) is 6.25. The van der Waals surface area contributed by atoms with E-state index in [1.807, 2.05) is 52.0 Å². The van der Waals surface area contributed by atoms with Crippen LogP contribution in [0.3, 0.4) is 0 Å². The summed E-state index contributed by atoms with van der Waals surface area (Å²) in [5.41, 5.74) is 4.70. The Hall–Kier alpha value is -3.15. The standard InChI is InChI=1S/C33H31FN4O4.K/c1-5-8-28-26(31(39)38(19(2)35-28)22-12-14-29-21(17-22)18-33(3,4)41-29)15-20-11-13-24(27(34)16-20)23-9-6-7-10-25(23)30-36-32(40)42-37-30;/h6-7,9-14,16-17H,5,8,15,18H2,1-4H3,(H,36,37,40);. The number of benzene rings is 3.